The van der Waals surface area contributed by atoms with Gasteiger partial charge in [0.2, 0.25) is 0 Å². The molecule has 3 heteroatoms. The molecule has 0 aliphatic carbocycles. The van der Waals surface area contributed by atoms with Gasteiger partial charge in [-0.2, -0.15) is 0 Å². The van der Waals surface area contributed by atoms with Crippen molar-refractivity contribution in [2.75, 3.05) is 0 Å². The average Bonchev–Trinajstić information content (AvgIpc) is 2.38. The Balaban J connectivity index is 2.21. The number of ether oxygens (including phenoxy) is 1. The summed E-state index contributed by atoms with van der Waals surface area (Å²) in [7, 11) is 0. The first kappa shape index (κ1) is 14.1. The summed E-state index contributed by atoms with van der Waals surface area (Å²) >= 11 is 3.45. The molecule has 0 bridgehead atoms. The van der Waals surface area contributed by atoms with E-state index in [9.17, 15) is 5.11 Å². The molecule has 0 amide bonds. The first-order valence-electron chi connectivity index (χ1n) is 6.34. The van der Waals surface area contributed by atoms with Crippen LogP contribution < -0.4 is 4.74 Å². The standard InChI is InChI=1S/C16H17BrO2/c1-3-12-5-4-6-13(9-12)19-14-7-8-15(11(2)18)16(17)10-14/h4-11,18H,3H2,1-2H3/t11-/m1/s1. The Morgan fingerprint density at radius 2 is 1.89 bits per heavy atom. The van der Waals surface area contributed by atoms with Crippen molar-refractivity contribution >= 4 is 15.9 Å². The Morgan fingerprint density at radius 1 is 1.16 bits per heavy atom. The van der Waals surface area contributed by atoms with Crippen molar-refractivity contribution in [3.63, 3.8) is 0 Å². The summed E-state index contributed by atoms with van der Waals surface area (Å²) in [5, 5.41) is 9.58. The van der Waals surface area contributed by atoms with Gasteiger partial charge in [0.15, 0.2) is 0 Å². The van der Waals surface area contributed by atoms with Crippen molar-refractivity contribution in [3.8, 4) is 11.5 Å². The number of rotatable bonds is 4. The number of hydrogen-bond acceptors (Lipinski definition) is 2. The van der Waals surface area contributed by atoms with Gasteiger partial charge in [-0.15, -0.1) is 0 Å². The second-order valence-corrected chi connectivity index (χ2v) is 5.32. The summed E-state index contributed by atoms with van der Waals surface area (Å²) in [6, 6.07) is 13.7. The molecule has 0 unspecified atom stereocenters. The maximum Gasteiger partial charge on any atom is 0.128 e. The topological polar surface area (TPSA) is 29.5 Å². The highest BCUT2D eigenvalue weighted by atomic mass is 79.9. The minimum absolute atomic E-state index is 0.494. The van der Waals surface area contributed by atoms with Gasteiger partial charge in [0.1, 0.15) is 11.5 Å². The Morgan fingerprint density at radius 3 is 2.53 bits per heavy atom. The maximum atomic E-state index is 9.58. The fourth-order valence-electron chi connectivity index (χ4n) is 1.88. The van der Waals surface area contributed by atoms with E-state index < -0.39 is 6.10 Å². The first-order chi connectivity index (χ1) is 9.10. The lowest BCUT2D eigenvalue weighted by Crippen LogP contribution is -1.93. The molecule has 0 spiro atoms. The maximum absolute atomic E-state index is 9.58. The molecule has 2 nitrogen and oxygen atoms in total. The normalized spacial score (nSPS) is 12.2. The van der Waals surface area contributed by atoms with Gasteiger partial charge in [-0.05, 0) is 48.7 Å². The summed E-state index contributed by atoms with van der Waals surface area (Å²) < 4.78 is 6.68. The highest BCUT2D eigenvalue weighted by molar-refractivity contribution is 9.10. The van der Waals surface area contributed by atoms with E-state index in [0.29, 0.717) is 0 Å². The fraction of sp³-hybridized carbons (Fsp3) is 0.250. The third-order valence-corrected chi connectivity index (χ3v) is 3.65. The van der Waals surface area contributed by atoms with Crippen molar-refractivity contribution in [3.05, 3.63) is 58.1 Å². The van der Waals surface area contributed by atoms with Gasteiger partial charge in [-0.25, -0.2) is 0 Å². The Kier molecular flexibility index (Phi) is 4.61. The number of aryl methyl sites for hydroxylation is 1. The average molecular weight is 321 g/mol. The zero-order chi connectivity index (χ0) is 13.8. The SMILES string of the molecule is CCc1cccc(Oc2ccc([C@@H](C)O)c(Br)c2)c1. The lowest BCUT2D eigenvalue weighted by molar-refractivity contribution is 0.198. The van der Waals surface area contributed by atoms with Crippen molar-refractivity contribution in [1.82, 2.24) is 0 Å². The Bertz CT molecular complexity index is 564. The molecule has 0 aliphatic rings. The van der Waals surface area contributed by atoms with Crippen LogP contribution >= 0.6 is 15.9 Å². The summed E-state index contributed by atoms with van der Waals surface area (Å²) in [5.41, 5.74) is 2.10. The van der Waals surface area contributed by atoms with E-state index >= 15 is 0 Å². The van der Waals surface area contributed by atoms with E-state index in [1.807, 2.05) is 36.4 Å². The zero-order valence-corrected chi connectivity index (χ0v) is 12.6. The smallest absolute Gasteiger partial charge is 0.128 e. The predicted molar refractivity (Wildman–Crippen MR) is 80.7 cm³/mol. The van der Waals surface area contributed by atoms with E-state index in [4.69, 9.17) is 4.74 Å². The summed E-state index contributed by atoms with van der Waals surface area (Å²) in [6.07, 6.45) is 0.494. The van der Waals surface area contributed by atoms with Crippen LogP contribution in [-0.4, -0.2) is 5.11 Å². The van der Waals surface area contributed by atoms with Gasteiger partial charge in [-0.1, -0.05) is 41.1 Å². The van der Waals surface area contributed by atoms with Crippen molar-refractivity contribution in [2.45, 2.75) is 26.4 Å². The fourth-order valence-corrected chi connectivity index (χ4v) is 2.56. The van der Waals surface area contributed by atoms with Crippen LogP contribution in [0.2, 0.25) is 0 Å². The summed E-state index contributed by atoms with van der Waals surface area (Å²) in [4.78, 5) is 0. The van der Waals surface area contributed by atoms with Gasteiger partial charge in [0.05, 0.1) is 6.10 Å². The largest absolute Gasteiger partial charge is 0.457 e. The lowest BCUT2D eigenvalue weighted by Gasteiger charge is -2.11. The highest BCUT2D eigenvalue weighted by Crippen LogP contribution is 2.30. The molecule has 0 saturated heterocycles. The number of halogens is 1. The lowest BCUT2D eigenvalue weighted by atomic mass is 10.1. The highest BCUT2D eigenvalue weighted by Gasteiger charge is 2.07. The van der Waals surface area contributed by atoms with Crippen molar-refractivity contribution < 1.29 is 9.84 Å². The summed E-state index contributed by atoms with van der Waals surface area (Å²) in [6.45, 7) is 3.86. The molecule has 2 aromatic carbocycles. The van der Waals surface area contributed by atoms with Crippen LogP contribution in [0.1, 0.15) is 31.1 Å². The predicted octanol–water partition coefficient (Wildman–Crippen LogP) is 4.86. The van der Waals surface area contributed by atoms with Crippen LogP contribution in [0.15, 0.2) is 46.9 Å². The molecule has 0 fully saturated rings. The van der Waals surface area contributed by atoms with Gasteiger partial charge in [-0.3, -0.25) is 0 Å². The molecule has 1 atom stereocenters. The van der Waals surface area contributed by atoms with E-state index in [2.05, 4.69) is 28.9 Å². The molecule has 0 radical (unpaired) electrons. The van der Waals surface area contributed by atoms with Crippen LogP contribution in [-0.2, 0) is 6.42 Å². The van der Waals surface area contributed by atoms with E-state index in [1.54, 1.807) is 6.92 Å². The molecule has 2 rings (SSSR count). The van der Waals surface area contributed by atoms with Gasteiger partial charge >= 0.3 is 0 Å². The molecule has 0 saturated carbocycles. The third-order valence-electron chi connectivity index (χ3n) is 2.96. The molecule has 0 aliphatic heterocycles. The van der Waals surface area contributed by atoms with Crippen LogP contribution in [0, 0.1) is 0 Å². The molecule has 19 heavy (non-hydrogen) atoms. The van der Waals surface area contributed by atoms with E-state index in [-0.39, 0.29) is 0 Å². The number of hydrogen-bond donors (Lipinski definition) is 1. The second kappa shape index (κ2) is 6.22. The number of aliphatic hydroxyl groups excluding tert-OH is 1. The minimum atomic E-state index is -0.494. The van der Waals surface area contributed by atoms with Crippen LogP contribution in [0.5, 0.6) is 11.5 Å². The molecule has 1 N–H and O–H groups in total. The van der Waals surface area contributed by atoms with E-state index in [0.717, 1.165) is 28.0 Å². The monoisotopic (exact) mass is 320 g/mol. The van der Waals surface area contributed by atoms with Crippen LogP contribution in [0.3, 0.4) is 0 Å². The zero-order valence-electron chi connectivity index (χ0n) is 11.1. The minimum Gasteiger partial charge on any atom is -0.457 e. The molecule has 100 valence electrons. The number of benzene rings is 2. The van der Waals surface area contributed by atoms with Crippen molar-refractivity contribution in [1.29, 1.82) is 0 Å². The van der Waals surface area contributed by atoms with Crippen molar-refractivity contribution in [2.24, 2.45) is 0 Å². The Labute approximate surface area is 122 Å². The van der Waals surface area contributed by atoms with Gasteiger partial charge < -0.3 is 9.84 Å². The van der Waals surface area contributed by atoms with Crippen LogP contribution in [0.25, 0.3) is 0 Å². The quantitative estimate of drug-likeness (QED) is 0.871. The molecule has 2 aromatic rings. The summed E-state index contributed by atoms with van der Waals surface area (Å²) in [5.74, 6) is 1.58. The molecular weight excluding hydrogens is 304 g/mol. The Hall–Kier alpha value is -1.32. The van der Waals surface area contributed by atoms with E-state index in [1.165, 1.54) is 5.56 Å². The molecule has 0 aromatic heterocycles. The van der Waals surface area contributed by atoms with Crippen LogP contribution in [0.4, 0.5) is 0 Å². The molecule has 0 heterocycles. The second-order valence-electron chi connectivity index (χ2n) is 4.46. The van der Waals surface area contributed by atoms with Gasteiger partial charge in [0, 0.05) is 4.47 Å². The van der Waals surface area contributed by atoms with Gasteiger partial charge in [0.25, 0.3) is 0 Å². The molecular formula is C16H17BrO2. The third kappa shape index (κ3) is 3.58. The first-order valence-corrected chi connectivity index (χ1v) is 7.13. The number of aliphatic hydroxyl groups is 1.